The van der Waals surface area contributed by atoms with Crippen molar-refractivity contribution in [3.63, 3.8) is 0 Å². The first kappa shape index (κ1) is 12.8. The average molecular weight is 287 g/mol. The third kappa shape index (κ3) is 2.32. The Morgan fingerprint density at radius 1 is 1.37 bits per heavy atom. The van der Waals surface area contributed by atoms with Gasteiger partial charge in [-0.2, -0.15) is 13.2 Å². The first-order chi connectivity index (χ1) is 8.95. The third-order valence-electron chi connectivity index (χ3n) is 3.09. The summed E-state index contributed by atoms with van der Waals surface area (Å²) < 4.78 is 38.3. The molecule has 1 aliphatic rings. The Bertz CT molecular complexity index is 614. The van der Waals surface area contributed by atoms with E-state index in [1.54, 1.807) is 18.7 Å². The minimum atomic E-state index is -4.33. The minimum absolute atomic E-state index is 0.0427. The summed E-state index contributed by atoms with van der Waals surface area (Å²) in [6, 6.07) is 2.26. The van der Waals surface area contributed by atoms with Gasteiger partial charge in [-0.1, -0.05) is 0 Å². The number of hydrogen-bond donors (Lipinski definition) is 2. The van der Waals surface area contributed by atoms with Gasteiger partial charge in [0.05, 0.1) is 16.6 Å². The van der Waals surface area contributed by atoms with E-state index in [0.717, 1.165) is 24.4 Å². The Balaban J connectivity index is 2.09. The monoisotopic (exact) mass is 287 g/mol. The quantitative estimate of drug-likeness (QED) is 0.846. The van der Waals surface area contributed by atoms with Crippen LogP contribution in [-0.2, 0) is 6.18 Å². The van der Waals surface area contributed by atoms with Gasteiger partial charge in [-0.15, -0.1) is 11.8 Å². The number of imidazole rings is 1. The van der Waals surface area contributed by atoms with Crippen LogP contribution in [0.4, 0.5) is 13.2 Å². The number of aromatic nitrogens is 2. The highest BCUT2D eigenvalue weighted by atomic mass is 32.2. The summed E-state index contributed by atoms with van der Waals surface area (Å²) in [5.74, 6) is 1.68. The molecule has 1 aromatic carbocycles. The van der Waals surface area contributed by atoms with Crippen LogP contribution in [0, 0.1) is 6.92 Å². The number of aromatic amines is 1. The van der Waals surface area contributed by atoms with Crippen LogP contribution in [0.15, 0.2) is 12.1 Å². The molecule has 2 N–H and O–H groups in total. The molecule has 1 aliphatic heterocycles. The van der Waals surface area contributed by atoms with Gasteiger partial charge in [-0.3, -0.25) is 5.32 Å². The van der Waals surface area contributed by atoms with E-state index in [1.807, 2.05) is 0 Å². The molecule has 0 amide bonds. The van der Waals surface area contributed by atoms with Crippen LogP contribution < -0.4 is 5.32 Å². The van der Waals surface area contributed by atoms with E-state index < -0.39 is 11.7 Å². The zero-order chi connectivity index (χ0) is 13.6. The summed E-state index contributed by atoms with van der Waals surface area (Å²) in [6.45, 7) is 2.54. The molecule has 1 fully saturated rings. The van der Waals surface area contributed by atoms with Crippen LogP contribution in [0.3, 0.4) is 0 Å². The second kappa shape index (κ2) is 4.42. The van der Waals surface area contributed by atoms with Crippen molar-refractivity contribution in [1.29, 1.82) is 0 Å². The third-order valence-corrected chi connectivity index (χ3v) is 4.25. The molecule has 7 heteroatoms. The fraction of sp³-hybridized carbons (Fsp3) is 0.417. The van der Waals surface area contributed by atoms with Crippen molar-refractivity contribution in [2.75, 3.05) is 12.3 Å². The summed E-state index contributed by atoms with van der Waals surface area (Å²) in [7, 11) is 0. The Hall–Kier alpha value is -1.21. The van der Waals surface area contributed by atoms with Crippen molar-refractivity contribution >= 4 is 22.8 Å². The summed E-state index contributed by atoms with van der Waals surface area (Å²) in [4.78, 5) is 7.41. The lowest BCUT2D eigenvalue weighted by Gasteiger charge is -2.07. The molecule has 3 rings (SSSR count). The highest BCUT2D eigenvalue weighted by Gasteiger charge is 2.31. The normalized spacial score (nSPS) is 20.3. The molecule has 0 spiro atoms. The molecule has 1 unspecified atom stereocenters. The molecule has 0 radical (unpaired) electrons. The van der Waals surface area contributed by atoms with E-state index in [0.29, 0.717) is 22.4 Å². The van der Waals surface area contributed by atoms with E-state index in [1.165, 1.54) is 0 Å². The van der Waals surface area contributed by atoms with E-state index in [4.69, 9.17) is 0 Å². The molecule has 2 aromatic rings. The van der Waals surface area contributed by atoms with E-state index in [9.17, 15) is 13.2 Å². The first-order valence-electron chi connectivity index (χ1n) is 5.87. The zero-order valence-corrected chi connectivity index (χ0v) is 11.0. The highest BCUT2D eigenvalue weighted by Crippen LogP contribution is 2.34. The number of nitrogens with zero attached hydrogens (tertiary/aromatic N) is 1. The molecule has 0 aliphatic carbocycles. The van der Waals surface area contributed by atoms with Crippen molar-refractivity contribution in [2.45, 2.75) is 18.5 Å². The topological polar surface area (TPSA) is 40.7 Å². The highest BCUT2D eigenvalue weighted by molar-refractivity contribution is 7.99. The molecule has 2 heterocycles. The van der Waals surface area contributed by atoms with Crippen molar-refractivity contribution < 1.29 is 13.2 Å². The molecule has 0 bridgehead atoms. The lowest BCUT2D eigenvalue weighted by Crippen LogP contribution is -2.13. The van der Waals surface area contributed by atoms with E-state index in [2.05, 4.69) is 15.3 Å². The van der Waals surface area contributed by atoms with Gasteiger partial charge in [0.1, 0.15) is 11.2 Å². The van der Waals surface area contributed by atoms with Gasteiger partial charge in [0, 0.05) is 12.3 Å². The molecule has 19 heavy (non-hydrogen) atoms. The van der Waals surface area contributed by atoms with Crippen molar-refractivity contribution in [3.8, 4) is 0 Å². The van der Waals surface area contributed by atoms with Gasteiger partial charge < -0.3 is 4.98 Å². The minimum Gasteiger partial charge on any atom is -0.340 e. The number of H-pyrrole nitrogens is 1. The predicted octanol–water partition coefficient (Wildman–Crippen LogP) is 3.23. The summed E-state index contributed by atoms with van der Waals surface area (Å²) in [5.41, 5.74) is 0.948. The Morgan fingerprint density at radius 3 is 2.79 bits per heavy atom. The number of thioether (sulfide) groups is 1. The lowest BCUT2D eigenvalue weighted by molar-refractivity contribution is -0.137. The Kier molecular flexibility index (Phi) is 2.98. The summed E-state index contributed by atoms with van der Waals surface area (Å²) in [6.07, 6.45) is -4.33. The van der Waals surface area contributed by atoms with Crippen LogP contribution in [0.5, 0.6) is 0 Å². The molecule has 3 nitrogen and oxygen atoms in total. The van der Waals surface area contributed by atoms with Crippen molar-refractivity contribution in [3.05, 3.63) is 29.1 Å². The second-order valence-corrected chi connectivity index (χ2v) is 5.73. The number of aryl methyl sites for hydroxylation is 1. The van der Waals surface area contributed by atoms with Gasteiger partial charge in [0.15, 0.2) is 0 Å². The van der Waals surface area contributed by atoms with Crippen molar-refractivity contribution in [1.82, 2.24) is 15.3 Å². The number of alkyl halides is 3. The molecular formula is C12H12F3N3S. The molecular weight excluding hydrogens is 275 g/mol. The van der Waals surface area contributed by atoms with Gasteiger partial charge in [-0.05, 0) is 24.6 Å². The van der Waals surface area contributed by atoms with Gasteiger partial charge in [0.2, 0.25) is 0 Å². The number of benzene rings is 1. The van der Waals surface area contributed by atoms with Crippen LogP contribution >= 0.6 is 11.8 Å². The number of halogens is 3. The molecule has 1 aromatic heterocycles. The average Bonchev–Trinajstić information content (AvgIpc) is 2.95. The van der Waals surface area contributed by atoms with E-state index >= 15 is 0 Å². The fourth-order valence-corrected chi connectivity index (χ4v) is 3.18. The van der Waals surface area contributed by atoms with Gasteiger partial charge >= 0.3 is 6.18 Å². The molecule has 0 saturated carbocycles. The number of rotatable bonds is 1. The lowest BCUT2D eigenvalue weighted by atomic mass is 10.1. The summed E-state index contributed by atoms with van der Waals surface area (Å²) >= 11 is 1.70. The number of nitrogens with one attached hydrogen (secondary N) is 2. The fourth-order valence-electron chi connectivity index (χ4n) is 2.20. The molecule has 1 atom stereocenters. The maximum atomic E-state index is 12.8. The van der Waals surface area contributed by atoms with Gasteiger partial charge in [-0.25, -0.2) is 4.98 Å². The summed E-state index contributed by atoms with van der Waals surface area (Å²) in [5, 5.41) is 3.29. The van der Waals surface area contributed by atoms with E-state index in [-0.39, 0.29) is 5.37 Å². The zero-order valence-electron chi connectivity index (χ0n) is 10.1. The van der Waals surface area contributed by atoms with Crippen LogP contribution in [0.1, 0.15) is 22.3 Å². The van der Waals surface area contributed by atoms with Crippen molar-refractivity contribution in [2.24, 2.45) is 0 Å². The molecule has 1 saturated heterocycles. The SMILES string of the molecule is Cc1cc(C(F)(F)F)cc2[nH]c(C3NCCS3)nc12. The smallest absolute Gasteiger partial charge is 0.340 e. The number of fused-ring (bicyclic) bond motifs is 1. The van der Waals surface area contributed by atoms with Crippen LogP contribution in [0.2, 0.25) is 0 Å². The Labute approximate surface area is 112 Å². The maximum absolute atomic E-state index is 12.8. The Morgan fingerprint density at radius 2 is 2.16 bits per heavy atom. The predicted molar refractivity (Wildman–Crippen MR) is 69.0 cm³/mol. The first-order valence-corrected chi connectivity index (χ1v) is 6.92. The van der Waals surface area contributed by atoms with Crippen LogP contribution in [0.25, 0.3) is 11.0 Å². The van der Waals surface area contributed by atoms with Gasteiger partial charge in [0.25, 0.3) is 0 Å². The maximum Gasteiger partial charge on any atom is 0.416 e. The largest absolute Gasteiger partial charge is 0.416 e. The standard InChI is InChI=1S/C12H12F3N3S/c1-6-4-7(12(13,14)15)5-8-9(6)18-10(17-8)11-16-2-3-19-11/h4-5,11,16H,2-3H2,1H3,(H,17,18). The number of hydrogen-bond acceptors (Lipinski definition) is 3. The molecule has 102 valence electrons. The second-order valence-electron chi connectivity index (χ2n) is 4.51. The van der Waals surface area contributed by atoms with Crippen LogP contribution in [-0.4, -0.2) is 22.3 Å².